The summed E-state index contributed by atoms with van der Waals surface area (Å²) in [6.45, 7) is 0. The van der Waals surface area contributed by atoms with E-state index in [9.17, 15) is 4.79 Å². The SMILES string of the molecule is O=C(NN=Cc1ccc(Br)cc1)c1nc2ccccc2s1. The van der Waals surface area contributed by atoms with Crippen molar-refractivity contribution in [1.82, 2.24) is 10.4 Å². The quantitative estimate of drug-likeness (QED) is 0.570. The van der Waals surface area contributed by atoms with Gasteiger partial charge in [-0.25, -0.2) is 10.4 Å². The van der Waals surface area contributed by atoms with E-state index in [2.05, 4.69) is 31.4 Å². The summed E-state index contributed by atoms with van der Waals surface area (Å²) in [7, 11) is 0. The van der Waals surface area contributed by atoms with E-state index < -0.39 is 0 Å². The number of rotatable bonds is 3. The lowest BCUT2D eigenvalue weighted by Gasteiger charge is -1.95. The van der Waals surface area contributed by atoms with E-state index in [4.69, 9.17) is 0 Å². The smallest absolute Gasteiger partial charge is 0.265 e. The Hall–Kier alpha value is -2.05. The first-order valence-electron chi connectivity index (χ1n) is 6.17. The van der Waals surface area contributed by atoms with Gasteiger partial charge >= 0.3 is 0 Å². The summed E-state index contributed by atoms with van der Waals surface area (Å²) >= 11 is 4.71. The van der Waals surface area contributed by atoms with Gasteiger partial charge in [-0.1, -0.05) is 40.2 Å². The molecule has 0 aliphatic carbocycles. The second-order valence-corrected chi connectivity index (χ2v) is 6.18. The molecule has 0 fully saturated rings. The molecule has 1 heterocycles. The molecular formula is C15H10BrN3OS. The summed E-state index contributed by atoms with van der Waals surface area (Å²) in [5.41, 5.74) is 4.22. The van der Waals surface area contributed by atoms with E-state index in [1.807, 2.05) is 48.5 Å². The first-order chi connectivity index (χ1) is 10.2. The normalized spacial score (nSPS) is 11.1. The van der Waals surface area contributed by atoms with E-state index in [1.54, 1.807) is 6.21 Å². The first-order valence-corrected chi connectivity index (χ1v) is 7.78. The fourth-order valence-corrected chi connectivity index (χ4v) is 2.85. The molecule has 3 rings (SSSR count). The maximum Gasteiger partial charge on any atom is 0.300 e. The molecule has 1 aromatic heterocycles. The van der Waals surface area contributed by atoms with Crippen LogP contribution in [0.25, 0.3) is 10.2 Å². The number of hydrazone groups is 1. The first kappa shape index (κ1) is 13.9. The van der Waals surface area contributed by atoms with Gasteiger partial charge in [-0.3, -0.25) is 4.79 Å². The van der Waals surface area contributed by atoms with Crippen LogP contribution >= 0.6 is 27.3 Å². The molecule has 0 aliphatic rings. The molecule has 0 saturated carbocycles. The van der Waals surface area contributed by atoms with Crippen LogP contribution < -0.4 is 5.43 Å². The van der Waals surface area contributed by atoms with Crippen LogP contribution in [0.4, 0.5) is 0 Å². The summed E-state index contributed by atoms with van der Waals surface area (Å²) in [6.07, 6.45) is 1.59. The molecule has 21 heavy (non-hydrogen) atoms. The van der Waals surface area contributed by atoms with Gasteiger partial charge in [0, 0.05) is 4.47 Å². The Morgan fingerprint density at radius 3 is 2.71 bits per heavy atom. The molecular weight excluding hydrogens is 350 g/mol. The zero-order chi connectivity index (χ0) is 14.7. The number of thiazole rings is 1. The van der Waals surface area contributed by atoms with Crippen molar-refractivity contribution in [2.45, 2.75) is 0 Å². The number of hydrogen-bond acceptors (Lipinski definition) is 4. The standard InChI is InChI=1S/C15H10BrN3OS/c16-11-7-5-10(6-8-11)9-17-19-14(20)15-18-12-3-1-2-4-13(12)21-15/h1-9H,(H,19,20). The van der Waals surface area contributed by atoms with Gasteiger partial charge in [0.05, 0.1) is 16.4 Å². The predicted molar refractivity (Wildman–Crippen MR) is 88.8 cm³/mol. The number of halogens is 1. The Morgan fingerprint density at radius 2 is 1.95 bits per heavy atom. The number of nitrogens with one attached hydrogen (secondary N) is 1. The van der Waals surface area contributed by atoms with Crippen molar-refractivity contribution in [1.29, 1.82) is 0 Å². The summed E-state index contributed by atoms with van der Waals surface area (Å²) in [4.78, 5) is 16.3. The molecule has 1 N–H and O–H groups in total. The van der Waals surface area contributed by atoms with Crippen LogP contribution in [-0.4, -0.2) is 17.1 Å². The fourth-order valence-electron chi connectivity index (χ4n) is 1.73. The Balaban J connectivity index is 1.70. The topological polar surface area (TPSA) is 54.4 Å². The zero-order valence-corrected chi connectivity index (χ0v) is 13.2. The number of fused-ring (bicyclic) bond motifs is 1. The largest absolute Gasteiger partial charge is 0.300 e. The monoisotopic (exact) mass is 359 g/mol. The van der Waals surface area contributed by atoms with Crippen molar-refractivity contribution in [3.63, 3.8) is 0 Å². The van der Waals surface area contributed by atoms with E-state index >= 15 is 0 Å². The minimum absolute atomic E-state index is 0.301. The van der Waals surface area contributed by atoms with Gasteiger partial charge in [0.25, 0.3) is 5.91 Å². The number of nitrogens with zero attached hydrogens (tertiary/aromatic N) is 2. The predicted octanol–water partition coefficient (Wildman–Crippen LogP) is 3.82. The highest BCUT2D eigenvalue weighted by Gasteiger charge is 2.10. The minimum atomic E-state index is -0.301. The molecule has 2 aromatic carbocycles. The average Bonchev–Trinajstić information content (AvgIpc) is 2.93. The van der Waals surface area contributed by atoms with Gasteiger partial charge in [0.1, 0.15) is 0 Å². The number of carbonyl (C=O) groups is 1. The number of hydrogen-bond donors (Lipinski definition) is 1. The molecule has 6 heteroatoms. The molecule has 4 nitrogen and oxygen atoms in total. The number of benzene rings is 2. The van der Waals surface area contributed by atoms with Crippen molar-refractivity contribution in [2.24, 2.45) is 5.10 Å². The van der Waals surface area contributed by atoms with Crippen LogP contribution in [0.3, 0.4) is 0 Å². The van der Waals surface area contributed by atoms with Gasteiger partial charge in [-0.05, 0) is 29.8 Å². The van der Waals surface area contributed by atoms with Gasteiger partial charge in [0.2, 0.25) is 0 Å². The third-order valence-corrected chi connectivity index (χ3v) is 4.30. The van der Waals surface area contributed by atoms with E-state index in [0.29, 0.717) is 5.01 Å². The molecule has 0 bridgehead atoms. The zero-order valence-electron chi connectivity index (χ0n) is 10.8. The average molecular weight is 360 g/mol. The Labute approximate surface area is 133 Å². The lowest BCUT2D eigenvalue weighted by Crippen LogP contribution is -2.17. The number of amides is 1. The third kappa shape index (κ3) is 3.34. The van der Waals surface area contributed by atoms with Crippen LogP contribution in [-0.2, 0) is 0 Å². The Kier molecular flexibility index (Phi) is 4.08. The maximum absolute atomic E-state index is 12.0. The van der Waals surface area contributed by atoms with Crippen LogP contribution in [0, 0.1) is 0 Å². The Morgan fingerprint density at radius 1 is 1.19 bits per heavy atom. The molecule has 0 unspecified atom stereocenters. The summed E-state index contributed by atoms with van der Waals surface area (Å²) < 4.78 is 1.98. The van der Waals surface area contributed by atoms with Crippen molar-refractivity contribution in [3.05, 3.63) is 63.6 Å². The highest BCUT2D eigenvalue weighted by molar-refractivity contribution is 9.10. The highest BCUT2D eigenvalue weighted by Crippen LogP contribution is 2.21. The van der Waals surface area contributed by atoms with Gasteiger partial charge in [-0.2, -0.15) is 5.10 Å². The van der Waals surface area contributed by atoms with Crippen LogP contribution in [0.5, 0.6) is 0 Å². The van der Waals surface area contributed by atoms with Crippen LogP contribution in [0.1, 0.15) is 15.4 Å². The number of carbonyl (C=O) groups excluding carboxylic acids is 1. The molecule has 3 aromatic rings. The van der Waals surface area contributed by atoms with E-state index in [0.717, 1.165) is 20.3 Å². The molecule has 0 spiro atoms. The number of para-hydroxylation sites is 1. The molecule has 0 atom stereocenters. The van der Waals surface area contributed by atoms with Gasteiger partial charge in [0.15, 0.2) is 5.01 Å². The van der Waals surface area contributed by atoms with Crippen molar-refractivity contribution >= 4 is 49.6 Å². The molecule has 1 amide bonds. The van der Waals surface area contributed by atoms with Crippen molar-refractivity contribution in [2.75, 3.05) is 0 Å². The van der Waals surface area contributed by atoms with Crippen molar-refractivity contribution < 1.29 is 4.79 Å². The summed E-state index contributed by atoms with van der Waals surface area (Å²) in [5.74, 6) is -0.301. The summed E-state index contributed by atoms with van der Waals surface area (Å²) in [6, 6.07) is 15.3. The molecule has 104 valence electrons. The lowest BCUT2D eigenvalue weighted by atomic mass is 10.2. The van der Waals surface area contributed by atoms with E-state index in [1.165, 1.54) is 11.3 Å². The second-order valence-electron chi connectivity index (χ2n) is 4.24. The summed E-state index contributed by atoms with van der Waals surface area (Å²) in [5, 5.41) is 4.35. The van der Waals surface area contributed by atoms with Gasteiger partial charge < -0.3 is 0 Å². The molecule has 0 radical (unpaired) electrons. The second kappa shape index (κ2) is 6.15. The third-order valence-electron chi connectivity index (χ3n) is 2.74. The van der Waals surface area contributed by atoms with Gasteiger partial charge in [-0.15, -0.1) is 11.3 Å². The highest BCUT2D eigenvalue weighted by atomic mass is 79.9. The molecule has 0 aliphatic heterocycles. The van der Waals surface area contributed by atoms with Crippen molar-refractivity contribution in [3.8, 4) is 0 Å². The van der Waals surface area contributed by atoms with Crippen LogP contribution in [0.2, 0.25) is 0 Å². The molecule has 0 saturated heterocycles. The lowest BCUT2D eigenvalue weighted by molar-refractivity contribution is 0.0955. The van der Waals surface area contributed by atoms with E-state index in [-0.39, 0.29) is 5.91 Å². The van der Waals surface area contributed by atoms with Crippen LogP contribution in [0.15, 0.2) is 58.1 Å². The Bertz CT molecular complexity index is 778. The number of aromatic nitrogens is 1. The minimum Gasteiger partial charge on any atom is -0.265 e. The fraction of sp³-hybridized carbons (Fsp3) is 0. The maximum atomic E-state index is 12.0.